The Balaban J connectivity index is 2.90. The van der Waals surface area contributed by atoms with E-state index in [0.717, 1.165) is 12.1 Å². The second-order valence-electron chi connectivity index (χ2n) is 3.20. The molecule has 0 atom stereocenters. The van der Waals surface area contributed by atoms with Crippen LogP contribution in [0.3, 0.4) is 0 Å². The van der Waals surface area contributed by atoms with Crippen molar-refractivity contribution in [3.63, 3.8) is 0 Å². The largest absolute Gasteiger partial charge is 0.387 e. The van der Waals surface area contributed by atoms with Crippen LogP contribution in [0.15, 0.2) is 18.2 Å². The molecule has 0 heterocycles. The van der Waals surface area contributed by atoms with Crippen molar-refractivity contribution in [2.24, 2.45) is 0 Å². The summed E-state index contributed by atoms with van der Waals surface area (Å²) >= 11 is 5.84. The fraction of sp³-hybridized carbons (Fsp3) is 0.364. The third-order valence-corrected chi connectivity index (χ3v) is 2.27. The van der Waals surface area contributed by atoms with E-state index in [9.17, 15) is 4.79 Å². The molecule has 0 aromatic heterocycles. The molecule has 0 bridgehead atoms. The van der Waals surface area contributed by atoms with Gasteiger partial charge in [-0.3, -0.25) is 4.79 Å². The average molecular weight is 227 g/mol. The van der Waals surface area contributed by atoms with Crippen LogP contribution >= 0.6 is 11.6 Å². The highest BCUT2D eigenvalue weighted by atomic mass is 35.5. The van der Waals surface area contributed by atoms with Gasteiger partial charge in [-0.1, -0.05) is 18.5 Å². The highest BCUT2D eigenvalue weighted by Crippen LogP contribution is 2.19. The molecule has 0 unspecified atom stereocenters. The summed E-state index contributed by atoms with van der Waals surface area (Å²) < 4.78 is 0. The van der Waals surface area contributed by atoms with Crippen LogP contribution in [0, 0.1) is 0 Å². The van der Waals surface area contributed by atoms with E-state index in [1.54, 1.807) is 25.2 Å². The first-order valence-corrected chi connectivity index (χ1v) is 5.32. The fourth-order valence-corrected chi connectivity index (χ4v) is 1.43. The van der Waals surface area contributed by atoms with Crippen molar-refractivity contribution in [2.45, 2.75) is 13.3 Å². The fourth-order valence-electron chi connectivity index (χ4n) is 1.26. The molecule has 3 nitrogen and oxygen atoms in total. The van der Waals surface area contributed by atoms with Crippen LogP contribution in [0.25, 0.3) is 0 Å². The molecule has 0 saturated carbocycles. The Morgan fingerprint density at radius 3 is 2.80 bits per heavy atom. The Morgan fingerprint density at radius 2 is 2.20 bits per heavy atom. The van der Waals surface area contributed by atoms with Crippen molar-refractivity contribution in [3.8, 4) is 0 Å². The lowest BCUT2D eigenvalue weighted by Gasteiger charge is -2.09. The van der Waals surface area contributed by atoms with E-state index in [0.29, 0.717) is 17.1 Å². The number of hydrogen-bond donors (Lipinski definition) is 2. The summed E-state index contributed by atoms with van der Waals surface area (Å²) in [6, 6.07) is 5.21. The maximum atomic E-state index is 11.7. The first kappa shape index (κ1) is 11.9. The molecule has 0 fully saturated rings. The van der Waals surface area contributed by atoms with Gasteiger partial charge in [0.15, 0.2) is 0 Å². The van der Waals surface area contributed by atoms with Gasteiger partial charge in [-0.25, -0.2) is 0 Å². The minimum Gasteiger partial charge on any atom is -0.387 e. The van der Waals surface area contributed by atoms with Crippen molar-refractivity contribution in [1.82, 2.24) is 5.32 Å². The number of rotatable bonds is 4. The first-order valence-electron chi connectivity index (χ1n) is 4.94. The lowest BCUT2D eigenvalue weighted by atomic mass is 10.1. The van der Waals surface area contributed by atoms with Gasteiger partial charge < -0.3 is 10.6 Å². The molecule has 15 heavy (non-hydrogen) atoms. The zero-order chi connectivity index (χ0) is 11.3. The van der Waals surface area contributed by atoms with Gasteiger partial charge in [-0.2, -0.15) is 0 Å². The van der Waals surface area contributed by atoms with Crippen molar-refractivity contribution in [1.29, 1.82) is 0 Å². The van der Waals surface area contributed by atoms with E-state index in [-0.39, 0.29) is 5.91 Å². The Morgan fingerprint density at radius 1 is 1.47 bits per heavy atom. The molecular formula is C11H15ClN2O. The lowest BCUT2D eigenvalue weighted by Crippen LogP contribution is -2.24. The van der Waals surface area contributed by atoms with Crippen LogP contribution in [0.4, 0.5) is 5.69 Å². The number of carbonyl (C=O) groups is 1. The standard InChI is InChI=1S/C11H15ClN2O/c1-3-6-14-11(15)9-7-8(12)4-5-10(9)13-2/h4-5,7,13H,3,6H2,1-2H3,(H,14,15). The van der Waals surface area contributed by atoms with E-state index >= 15 is 0 Å². The molecule has 1 aromatic rings. The van der Waals surface area contributed by atoms with E-state index in [1.807, 2.05) is 6.92 Å². The van der Waals surface area contributed by atoms with Gasteiger partial charge in [0.1, 0.15) is 0 Å². The molecule has 0 aliphatic carbocycles. The quantitative estimate of drug-likeness (QED) is 0.829. The Kier molecular flexibility index (Phi) is 4.43. The molecule has 1 rings (SSSR count). The molecule has 0 aliphatic rings. The van der Waals surface area contributed by atoms with E-state index < -0.39 is 0 Å². The van der Waals surface area contributed by atoms with Crippen LogP contribution in [-0.4, -0.2) is 19.5 Å². The number of hydrogen-bond acceptors (Lipinski definition) is 2. The Hall–Kier alpha value is -1.22. The molecule has 4 heteroatoms. The molecular weight excluding hydrogens is 212 g/mol. The number of nitrogens with one attached hydrogen (secondary N) is 2. The minimum atomic E-state index is -0.0938. The zero-order valence-electron chi connectivity index (χ0n) is 8.93. The summed E-state index contributed by atoms with van der Waals surface area (Å²) in [6.45, 7) is 2.69. The first-order chi connectivity index (χ1) is 7.19. The molecule has 0 saturated heterocycles. The van der Waals surface area contributed by atoms with Crippen molar-refractivity contribution < 1.29 is 4.79 Å². The number of halogens is 1. The highest BCUT2D eigenvalue weighted by Gasteiger charge is 2.10. The van der Waals surface area contributed by atoms with Crippen molar-refractivity contribution >= 4 is 23.2 Å². The van der Waals surface area contributed by atoms with Gasteiger partial charge in [0.2, 0.25) is 0 Å². The highest BCUT2D eigenvalue weighted by molar-refractivity contribution is 6.31. The van der Waals surface area contributed by atoms with E-state index in [4.69, 9.17) is 11.6 Å². The summed E-state index contributed by atoms with van der Waals surface area (Å²) in [6.07, 6.45) is 0.918. The van der Waals surface area contributed by atoms with Gasteiger partial charge in [0.05, 0.1) is 5.56 Å². The molecule has 0 aliphatic heterocycles. The maximum absolute atomic E-state index is 11.7. The minimum absolute atomic E-state index is 0.0938. The van der Waals surface area contributed by atoms with Crippen molar-refractivity contribution in [3.05, 3.63) is 28.8 Å². The maximum Gasteiger partial charge on any atom is 0.253 e. The summed E-state index contributed by atoms with van der Waals surface area (Å²) in [5.74, 6) is -0.0938. The molecule has 1 amide bonds. The molecule has 0 spiro atoms. The summed E-state index contributed by atoms with van der Waals surface area (Å²) in [5, 5.41) is 6.34. The predicted molar refractivity (Wildman–Crippen MR) is 63.6 cm³/mol. The van der Waals surface area contributed by atoms with Gasteiger partial charge in [0, 0.05) is 24.3 Å². The third kappa shape index (κ3) is 3.13. The van der Waals surface area contributed by atoms with Gasteiger partial charge in [-0.05, 0) is 24.6 Å². The number of anilines is 1. The smallest absolute Gasteiger partial charge is 0.253 e. The van der Waals surface area contributed by atoms with Gasteiger partial charge in [0.25, 0.3) is 5.91 Å². The van der Waals surface area contributed by atoms with Crippen LogP contribution in [-0.2, 0) is 0 Å². The Labute approximate surface area is 94.8 Å². The van der Waals surface area contributed by atoms with Crippen LogP contribution in [0.2, 0.25) is 5.02 Å². The van der Waals surface area contributed by atoms with Crippen molar-refractivity contribution in [2.75, 3.05) is 18.9 Å². The third-order valence-electron chi connectivity index (χ3n) is 2.03. The van der Waals surface area contributed by atoms with E-state index in [2.05, 4.69) is 10.6 Å². The molecule has 82 valence electrons. The van der Waals surface area contributed by atoms with Crippen LogP contribution < -0.4 is 10.6 Å². The monoisotopic (exact) mass is 226 g/mol. The summed E-state index contributed by atoms with van der Waals surface area (Å²) in [7, 11) is 1.78. The van der Waals surface area contributed by atoms with E-state index in [1.165, 1.54) is 0 Å². The summed E-state index contributed by atoms with van der Waals surface area (Å²) in [4.78, 5) is 11.7. The second-order valence-corrected chi connectivity index (χ2v) is 3.63. The second kappa shape index (κ2) is 5.61. The summed E-state index contributed by atoms with van der Waals surface area (Å²) in [5.41, 5.74) is 1.37. The molecule has 2 N–H and O–H groups in total. The van der Waals surface area contributed by atoms with Crippen LogP contribution in [0.1, 0.15) is 23.7 Å². The number of carbonyl (C=O) groups excluding carboxylic acids is 1. The normalized spacial score (nSPS) is 9.80. The Bertz CT molecular complexity index is 352. The van der Waals surface area contributed by atoms with Gasteiger partial charge in [-0.15, -0.1) is 0 Å². The topological polar surface area (TPSA) is 41.1 Å². The van der Waals surface area contributed by atoms with Crippen LogP contribution in [0.5, 0.6) is 0 Å². The average Bonchev–Trinajstić information content (AvgIpc) is 2.25. The SMILES string of the molecule is CCCNC(=O)c1cc(Cl)ccc1NC. The zero-order valence-corrected chi connectivity index (χ0v) is 9.69. The molecule has 0 radical (unpaired) electrons. The lowest BCUT2D eigenvalue weighted by molar-refractivity contribution is 0.0954. The number of benzene rings is 1. The van der Waals surface area contributed by atoms with Gasteiger partial charge >= 0.3 is 0 Å². The molecule has 1 aromatic carbocycles. The number of amides is 1. The predicted octanol–water partition coefficient (Wildman–Crippen LogP) is 2.52.